The van der Waals surface area contributed by atoms with Crippen LogP contribution in [0.1, 0.15) is 54.4 Å². The molecule has 0 N–H and O–H groups in total. The molecule has 0 aromatic carbocycles. The van der Waals surface area contributed by atoms with E-state index in [1.807, 2.05) is 41.5 Å². The molecule has 1 spiro atoms. The molecular weight excluding hydrogens is 313 g/mol. The van der Waals surface area contributed by atoms with Crippen molar-refractivity contribution in [2.75, 3.05) is 0 Å². The van der Waals surface area contributed by atoms with Gasteiger partial charge in [-0.15, -0.1) is 0 Å². The summed E-state index contributed by atoms with van der Waals surface area (Å²) in [6.45, 7) is 11.5. The van der Waals surface area contributed by atoms with Crippen LogP contribution in [0.25, 0.3) is 0 Å². The SMILES string of the molecule is CC(C)N1C(=O)N(Cl)C2(CC(C)(C)N(Cl)C(C)(C)C2)C1=O. The number of amides is 3. The molecule has 2 aliphatic heterocycles. The van der Waals surface area contributed by atoms with Crippen LogP contribution in [0.5, 0.6) is 0 Å². The van der Waals surface area contributed by atoms with Gasteiger partial charge in [0.05, 0.1) is 0 Å². The summed E-state index contributed by atoms with van der Waals surface area (Å²) in [5.74, 6) is -0.219. The Morgan fingerprint density at radius 2 is 1.43 bits per heavy atom. The van der Waals surface area contributed by atoms with Crippen LogP contribution in [0, 0.1) is 0 Å². The highest BCUT2D eigenvalue weighted by molar-refractivity contribution is 6.28. The van der Waals surface area contributed by atoms with Gasteiger partial charge in [0.15, 0.2) is 0 Å². The van der Waals surface area contributed by atoms with Crippen molar-refractivity contribution in [2.24, 2.45) is 0 Å². The summed E-state index contributed by atoms with van der Waals surface area (Å²) in [5.41, 5.74) is -1.94. The number of hydrogen-bond donors (Lipinski definition) is 0. The number of nitrogens with zero attached hydrogens (tertiary/aromatic N) is 3. The fourth-order valence-corrected chi connectivity index (χ4v) is 4.26. The fraction of sp³-hybridized carbons (Fsp3) is 0.857. The van der Waals surface area contributed by atoms with Crippen molar-refractivity contribution in [1.29, 1.82) is 0 Å². The lowest BCUT2D eigenvalue weighted by Crippen LogP contribution is -2.66. The van der Waals surface area contributed by atoms with Gasteiger partial charge >= 0.3 is 6.03 Å². The van der Waals surface area contributed by atoms with Crippen molar-refractivity contribution in [1.82, 2.24) is 13.7 Å². The number of hydrogen-bond acceptors (Lipinski definition) is 3. The summed E-state index contributed by atoms with van der Waals surface area (Å²) >= 11 is 12.7. The Morgan fingerprint density at radius 1 is 1.00 bits per heavy atom. The van der Waals surface area contributed by atoms with E-state index in [0.29, 0.717) is 12.8 Å². The van der Waals surface area contributed by atoms with Gasteiger partial charge in [-0.25, -0.2) is 13.6 Å². The first-order valence-electron chi connectivity index (χ1n) is 7.17. The van der Waals surface area contributed by atoms with Crippen molar-refractivity contribution in [3.63, 3.8) is 0 Å². The van der Waals surface area contributed by atoms with Crippen LogP contribution in [0.15, 0.2) is 0 Å². The molecule has 0 atom stereocenters. The van der Waals surface area contributed by atoms with E-state index in [1.54, 1.807) is 4.42 Å². The maximum Gasteiger partial charge on any atom is 0.342 e. The van der Waals surface area contributed by atoms with Crippen LogP contribution >= 0.6 is 23.6 Å². The molecule has 2 heterocycles. The molecule has 0 radical (unpaired) electrons. The quantitative estimate of drug-likeness (QED) is 0.545. The molecule has 0 unspecified atom stereocenters. The molecule has 0 saturated carbocycles. The minimum absolute atomic E-state index is 0.217. The standard InChI is InChI=1S/C14H23Cl2N3O2/c1-9(2)17-10(20)14(18(15)11(17)21)7-12(3,4)19(16)13(5,6)8-14/h9H,7-8H2,1-6H3. The number of halogens is 2. The molecule has 120 valence electrons. The molecule has 0 aromatic rings. The number of carbonyl (C=O) groups excluding carboxylic acids is 2. The van der Waals surface area contributed by atoms with Crippen LogP contribution < -0.4 is 0 Å². The van der Waals surface area contributed by atoms with Crippen molar-refractivity contribution < 1.29 is 9.59 Å². The van der Waals surface area contributed by atoms with Gasteiger partial charge in [-0.2, -0.15) is 0 Å². The Hall–Kier alpha value is -0.520. The van der Waals surface area contributed by atoms with Crippen LogP contribution in [-0.2, 0) is 4.79 Å². The minimum atomic E-state index is -1.03. The Labute approximate surface area is 136 Å². The molecule has 2 fully saturated rings. The molecule has 2 aliphatic rings. The molecular formula is C14H23Cl2N3O2. The summed E-state index contributed by atoms with van der Waals surface area (Å²) < 4.78 is 2.84. The molecule has 0 aliphatic carbocycles. The lowest BCUT2D eigenvalue weighted by Gasteiger charge is -2.55. The number of imide groups is 1. The smallest absolute Gasteiger partial charge is 0.272 e. The Kier molecular flexibility index (Phi) is 3.80. The third kappa shape index (κ3) is 2.25. The maximum absolute atomic E-state index is 12.9. The highest BCUT2D eigenvalue weighted by Gasteiger charge is 2.65. The highest BCUT2D eigenvalue weighted by Crippen LogP contribution is 2.51. The second kappa shape index (κ2) is 4.74. The van der Waals surface area contributed by atoms with Gasteiger partial charge in [0.25, 0.3) is 5.91 Å². The van der Waals surface area contributed by atoms with Gasteiger partial charge < -0.3 is 0 Å². The number of piperidine rings is 1. The topological polar surface area (TPSA) is 43.9 Å². The third-order valence-corrected chi connectivity index (χ3v) is 5.78. The van der Waals surface area contributed by atoms with Gasteiger partial charge in [-0.3, -0.25) is 9.69 Å². The summed E-state index contributed by atoms with van der Waals surface area (Å²) in [6.07, 6.45) is 0.814. The van der Waals surface area contributed by atoms with E-state index in [0.717, 1.165) is 4.42 Å². The molecule has 2 saturated heterocycles. The van der Waals surface area contributed by atoms with Crippen molar-refractivity contribution >= 4 is 35.5 Å². The molecule has 0 bridgehead atoms. The predicted octanol–water partition coefficient (Wildman–Crippen LogP) is 3.36. The van der Waals surface area contributed by atoms with Crippen LogP contribution in [-0.4, -0.2) is 48.3 Å². The summed E-state index contributed by atoms with van der Waals surface area (Å²) in [6, 6.07) is -0.655. The Morgan fingerprint density at radius 3 is 1.76 bits per heavy atom. The van der Waals surface area contributed by atoms with E-state index in [1.165, 1.54) is 4.90 Å². The third-order valence-electron chi connectivity index (χ3n) is 4.40. The molecule has 0 aromatic heterocycles. The van der Waals surface area contributed by atoms with Crippen LogP contribution in [0.4, 0.5) is 4.79 Å². The van der Waals surface area contributed by atoms with E-state index in [-0.39, 0.29) is 11.9 Å². The van der Waals surface area contributed by atoms with E-state index < -0.39 is 22.6 Å². The number of urea groups is 1. The maximum atomic E-state index is 12.9. The van der Waals surface area contributed by atoms with Gasteiger partial charge in [0.2, 0.25) is 0 Å². The second-order valence-corrected chi connectivity index (χ2v) is 8.30. The van der Waals surface area contributed by atoms with Gasteiger partial charge in [-0.1, -0.05) is 0 Å². The monoisotopic (exact) mass is 335 g/mol. The number of rotatable bonds is 1. The van der Waals surface area contributed by atoms with Crippen molar-refractivity contribution in [3.8, 4) is 0 Å². The van der Waals surface area contributed by atoms with E-state index >= 15 is 0 Å². The normalized spacial score (nSPS) is 28.0. The van der Waals surface area contributed by atoms with E-state index in [4.69, 9.17) is 23.6 Å². The van der Waals surface area contributed by atoms with Crippen LogP contribution in [0.2, 0.25) is 0 Å². The highest BCUT2D eigenvalue weighted by atomic mass is 35.5. The zero-order valence-electron chi connectivity index (χ0n) is 13.4. The number of carbonyl (C=O) groups is 2. The summed E-state index contributed by atoms with van der Waals surface area (Å²) in [7, 11) is 0. The van der Waals surface area contributed by atoms with E-state index in [9.17, 15) is 9.59 Å². The summed E-state index contributed by atoms with van der Waals surface area (Å²) in [5, 5.41) is 0. The molecule has 2 rings (SSSR count). The first kappa shape index (κ1) is 16.8. The zero-order chi connectivity index (χ0) is 16.4. The average molecular weight is 336 g/mol. The van der Waals surface area contributed by atoms with Gasteiger partial charge in [-0.05, 0) is 53.3 Å². The minimum Gasteiger partial charge on any atom is -0.272 e. The molecule has 7 heteroatoms. The first-order valence-corrected chi connectivity index (χ1v) is 7.84. The van der Waals surface area contributed by atoms with E-state index in [2.05, 4.69) is 0 Å². The summed E-state index contributed by atoms with van der Waals surface area (Å²) in [4.78, 5) is 26.6. The second-order valence-electron chi connectivity index (χ2n) is 7.62. The zero-order valence-corrected chi connectivity index (χ0v) is 14.9. The lowest BCUT2D eigenvalue weighted by molar-refractivity contribution is -0.140. The van der Waals surface area contributed by atoms with Crippen molar-refractivity contribution in [2.45, 2.75) is 77.0 Å². The molecule has 3 amide bonds. The van der Waals surface area contributed by atoms with Crippen LogP contribution in [0.3, 0.4) is 0 Å². The van der Waals surface area contributed by atoms with Gasteiger partial charge in [0.1, 0.15) is 5.54 Å². The predicted molar refractivity (Wildman–Crippen MR) is 82.9 cm³/mol. The van der Waals surface area contributed by atoms with Gasteiger partial charge in [0, 0.05) is 41.7 Å². The molecule has 5 nitrogen and oxygen atoms in total. The molecule has 21 heavy (non-hydrogen) atoms. The Bertz CT molecular complexity index is 473. The van der Waals surface area contributed by atoms with Crippen molar-refractivity contribution in [3.05, 3.63) is 0 Å². The fourth-order valence-electron chi connectivity index (χ4n) is 3.87. The Balaban J connectivity index is 2.52. The average Bonchev–Trinajstić information content (AvgIpc) is 2.48. The first-order chi connectivity index (χ1) is 9.37. The largest absolute Gasteiger partial charge is 0.342 e. The lowest BCUT2D eigenvalue weighted by atomic mass is 9.70.